The lowest BCUT2D eigenvalue weighted by Crippen LogP contribution is -2.22. The van der Waals surface area contributed by atoms with Crippen molar-refractivity contribution in [3.05, 3.63) is 29.6 Å². The smallest absolute Gasteiger partial charge is 0.127 e. The highest BCUT2D eigenvalue weighted by atomic mass is 19.1. The molecule has 0 radical (unpaired) electrons. The summed E-state index contributed by atoms with van der Waals surface area (Å²) >= 11 is 0. The van der Waals surface area contributed by atoms with E-state index in [0.717, 1.165) is 5.56 Å². The van der Waals surface area contributed by atoms with Gasteiger partial charge in [0.05, 0.1) is 6.61 Å². The number of aliphatic hydroxyl groups is 1. The van der Waals surface area contributed by atoms with Crippen molar-refractivity contribution < 1.29 is 19.0 Å². The van der Waals surface area contributed by atoms with Crippen LogP contribution in [0, 0.1) is 5.82 Å². The van der Waals surface area contributed by atoms with E-state index in [9.17, 15) is 9.50 Å². The topological polar surface area (TPSA) is 50.7 Å². The van der Waals surface area contributed by atoms with E-state index in [2.05, 4.69) is 5.32 Å². The van der Waals surface area contributed by atoms with Crippen LogP contribution in [0.1, 0.15) is 5.56 Å². The van der Waals surface area contributed by atoms with Gasteiger partial charge in [0, 0.05) is 19.7 Å². The highest BCUT2D eigenvalue weighted by molar-refractivity contribution is 5.29. The predicted octanol–water partition coefficient (Wildman–Crippen LogP) is 0.931. The molecule has 0 bridgehead atoms. The molecule has 1 rings (SSSR count). The summed E-state index contributed by atoms with van der Waals surface area (Å²) in [5, 5.41) is 12.3. The SMILES string of the molecule is CNCc1cc(F)cc(OCC(O)COC)c1. The molecule has 0 spiro atoms. The van der Waals surface area contributed by atoms with Crippen molar-refractivity contribution in [2.24, 2.45) is 0 Å². The Balaban J connectivity index is 2.57. The number of rotatable bonds is 7. The number of methoxy groups -OCH3 is 1. The zero-order valence-electron chi connectivity index (χ0n) is 10.1. The Morgan fingerprint density at radius 3 is 2.76 bits per heavy atom. The van der Waals surface area contributed by atoms with E-state index in [-0.39, 0.29) is 19.0 Å². The molecule has 0 aliphatic carbocycles. The lowest BCUT2D eigenvalue weighted by atomic mass is 10.2. The Morgan fingerprint density at radius 1 is 1.35 bits per heavy atom. The third-order valence-corrected chi connectivity index (χ3v) is 2.11. The van der Waals surface area contributed by atoms with Crippen molar-refractivity contribution in [1.29, 1.82) is 0 Å². The van der Waals surface area contributed by atoms with Crippen molar-refractivity contribution in [2.45, 2.75) is 12.6 Å². The van der Waals surface area contributed by atoms with Crippen molar-refractivity contribution in [3.63, 3.8) is 0 Å². The minimum Gasteiger partial charge on any atom is -0.491 e. The van der Waals surface area contributed by atoms with Gasteiger partial charge >= 0.3 is 0 Å². The number of benzene rings is 1. The largest absolute Gasteiger partial charge is 0.491 e. The Kier molecular flexibility index (Phi) is 5.90. The van der Waals surface area contributed by atoms with E-state index in [1.54, 1.807) is 13.1 Å². The first kappa shape index (κ1) is 13.9. The molecule has 0 aliphatic rings. The fourth-order valence-electron chi connectivity index (χ4n) is 1.44. The zero-order chi connectivity index (χ0) is 12.7. The molecule has 0 fully saturated rings. The Labute approximate surface area is 100 Å². The van der Waals surface area contributed by atoms with Crippen LogP contribution in [0.25, 0.3) is 0 Å². The standard InChI is InChI=1S/C12H18FNO3/c1-14-6-9-3-10(13)5-12(4-9)17-8-11(15)7-16-2/h3-5,11,14-15H,6-8H2,1-2H3. The maximum Gasteiger partial charge on any atom is 0.127 e. The molecular weight excluding hydrogens is 225 g/mol. The fraction of sp³-hybridized carbons (Fsp3) is 0.500. The van der Waals surface area contributed by atoms with Crippen LogP contribution in [0.2, 0.25) is 0 Å². The number of nitrogens with one attached hydrogen (secondary N) is 1. The number of hydrogen-bond donors (Lipinski definition) is 2. The molecule has 96 valence electrons. The quantitative estimate of drug-likeness (QED) is 0.748. The van der Waals surface area contributed by atoms with Gasteiger partial charge in [0.15, 0.2) is 0 Å². The van der Waals surface area contributed by atoms with Crippen LogP contribution in [0.3, 0.4) is 0 Å². The van der Waals surface area contributed by atoms with Crippen LogP contribution in [0.5, 0.6) is 5.75 Å². The van der Waals surface area contributed by atoms with Crippen LogP contribution in [-0.4, -0.2) is 38.6 Å². The molecule has 2 N–H and O–H groups in total. The lowest BCUT2D eigenvalue weighted by Gasteiger charge is -2.12. The fourth-order valence-corrected chi connectivity index (χ4v) is 1.44. The molecule has 1 aromatic carbocycles. The first-order chi connectivity index (χ1) is 8.15. The molecular formula is C12H18FNO3. The summed E-state index contributed by atoms with van der Waals surface area (Å²) in [4.78, 5) is 0. The first-order valence-corrected chi connectivity index (χ1v) is 5.39. The molecule has 5 heteroatoms. The molecule has 17 heavy (non-hydrogen) atoms. The first-order valence-electron chi connectivity index (χ1n) is 5.39. The average Bonchev–Trinajstić information content (AvgIpc) is 2.26. The van der Waals surface area contributed by atoms with Gasteiger partial charge in [-0.3, -0.25) is 0 Å². The molecule has 0 aliphatic heterocycles. The van der Waals surface area contributed by atoms with E-state index >= 15 is 0 Å². The van der Waals surface area contributed by atoms with Gasteiger partial charge in [-0.2, -0.15) is 0 Å². The van der Waals surface area contributed by atoms with Gasteiger partial charge in [-0.25, -0.2) is 4.39 Å². The van der Waals surface area contributed by atoms with Gasteiger partial charge in [0.2, 0.25) is 0 Å². The summed E-state index contributed by atoms with van der Waals surface area (Å²) in [5.74, 6) is 0.0550. The molecule has 1 aromatic rings. The second-order valence-electron chi connectivity index (χ2n) is 3.75. The van der Waals surface area contributed by atoms with Crippen LogP contribution in [-0.2, 0) is 11.3 Å². The van der Waals surface area contributed by atoms with Crippen LogP contribution in [0.15, 0.2) is 18.2 Å². The molecule has 0 saturated carbocycles. The van der Waals surface area contributed by atoms with Gasteiger partial charge < -0.3 is 19.9 Å². The summed E-state index contributed by atoms with van der Waals surface area (Å²) in [6, 6.07) is 4.47. The third-order valence-electron chi connectivity index (χ3n) is 2.11. The molecule has 0 heterocycles. The van der Waals surface area contributed by atoms with Crippen LogP contribution in [0.4, 0.5) is 4.39 Å². The Bertz CT molecular complexity index is 347. The molecule has 0 saturated heterocycles. The summed E-state index contributed by atoms with van der Waals surface area (Å²) in [6.45, 7) is 0.837. The van der Waals surface area contributed by atoms with Crippen molar-refractivity contribution >= 4 is 0 Å². The van der Waals surface area contributed by atoms with Crippen molar-refractivity contribution in [3.8, 4) is 5.75 Å². The Hall–Kier alpha value is -1.17. The maximum atomic E-state index is 13.2. The van der Waals surface area contributed by atoms with Crippen molar-refractivity contribution in [1.82, 2.24) is 5.32 Å². The number of hydrogen-bond acceptors (Lipinski definition) is 4. The summed E-state index contributed by atoms with van der Waals surface area (Å²) in [7, 11) is 3.28. The van der Waals surface area contributed by atoms with Gasteiger partial charge in [-0.1, -0.05) is 0 Å². The molecule has 1 atom stereocenters. The normalized spacial score (nSPS) is 12.5. The minimum absolute atomic E-state index is 0.0796. The zero-order valence-corrected chi connectivity index (χ0v) is 10.1. The highest BCUT2D eigenvalue weighted by Crippen LogP contribution is 2.16. The van der Waals surface area contributed by atoms with Gasteiger partial charge in [0.25, 0.3) is 0 Å². The van der Waals surface area contributed by atoms with Gasteiger partial charge in [-0.15, -0.1) is 0 Å². The van der Waals surface area contributed by atoms with Gasteiger partial charge in [-0.05, 0) is 24.7 Å². The average molecular weight is 243 g/mol. The van der Waals surface area contributed by atoms with Crippen LogP contribution < -0.4 is 10.1 Å². The second-order valence-corrected chi connectivity index (χ2v) is 3.75. The van der Waals surface area contributed by atoms with E-state index in [1.165, 1.54) is 19.2 Å². The Morgan fingerprint density at radius 2 is 2.12 bits per heavy atom. The summed E-state index contributed by atoms with van der Waals surface area (Å²) in [5.41, 5.74) is 0.795. The van der Waals surface area contributed by atoms with Crippen molar-refractivity contribution in [2.75, 3.05) is 27.4 Å². The van der Waals surface area contributed by atoms with Crippen LogP contribution >= 0.6 is 0 Å². The number of ether oxygens (including phenoxy) is 2. The predicted molar refractivity (Wildman–Crippen MR) is 62.5 cm³/mol. The molecule has 0 aromatic heterocycles. The molecule has 1 unspecified atom stereocenters. The molecule has 4 nitrogen and oxygen atoms in total. The second kappa shape index (κ2) is 7.21. The summed E-state index contributed by atoms with van der Waals surface area (Å²) in [6.07, 6.45) is -0.712. The summed E-state index contributed by atoms with van der Waals surface area (Å²) < 4.78 is 23.3. The van der Waals surface area contributed by atoms with E-state index in [4.69, 9.17) is 9.47 Å². The van der Waals surface area contributed by atoms with E-state index < -0.39 is 6.10 Å². The maximum absolute atomic E-state index is 13.2. The van der Waals surface area contributed by atoms with E-state index in [0.29, 0.717) is 12.3 Å². The van der Waals surface area contributed by atoms with E-state index in [1.807, 2.05) is 0 Å². The molecule has 0 amide bonds. The third kappa shape index (κ3) is 5.12. The van der Waals surface area contributed by atoms with Gasteiger partial charge in [0.1, 0.15) is 24.3 Å². The highest BCUT2D eigenvalue weighted by Gasteiger charge is 2.06. The number of aliphatic hydroxyl groups excluding tert-OH is 1. The minimum atomic E-state index is -0.712. The number of halogens is 1. The lowest BCUT2D eigenvalue weighted by molar-refractivity contribution is 0.0324. The monoisotopic (exact) mass is 243 g/mol.